The smallest absolute Gasteiger partial charge is 0.433 e. The molecular weight excluding hydrogens is 335 g/mol. The van der Waals surface area contributed by atoms with E-state index in [1.807, 2.05) is 0 Å². The Hall–Kier alpha value is -2.77. The lowest BCUT2D eigenvalue weighted by molar-refractivity contribution is -0.141. The first kappa shape index (κ1) is 17.1. The number of hydrogen-bond donors (Lipinski definition) is 2. The SMILES string of the molecule is NC(=O)c1ccc(OCc2cc(C(F)(F)F)nc3c2CCCN3)cc1. The number of ether oxygens (including phenoxy) is 1. The number of anilines is 1. The molecule has 25 heavy (non-hydrogen) atoms. The van der Waals surface area contributed by atoms with Gasteiger partial charge in [0.05, 0.1) is 0 Å². The number of carbonyl (C=O) groups excluding carboxylic acids is 1. The summed E-state index contributed by atoms with van der Waals surface area (Å²) in [7, 11) is 0. The van der Waals surface area contributed by atoms with E-state index in [0.717, 1.165) is 18.1 Å². The van der Waals surface area contributed by atoms with Crippen LogP contribution in [-0.4, -0.2) is 17.4 Å². The Kier molecular flexibility index (Phi) is 4.52. The van der Waals surface area contributed by atoms with Crippen molar-refractivity contribution in [3.63, 3.8) is 0 Å². The molecule has 0 aliphatic carbocycles. The molecule has 0 spiro atoms. The molecular formula is C17H16F3N3O2. The molecule has 0 fully saturated rings. The fraction of sp³-hybridized carbons (Fsp3) is 0.294. The number of alkyl halides is 3. The molecule has 0 bridgehead atoms. The van der Waals surface area contributed by atoms with Gasteiger partial charge in [0.25, 0.3) is 0 Å². The highest BCUT2D eigenvalue weighted by atomic mass is 19.4. The number of benzene rings is 1. The van der Waals surface area contributed by atoms with Gasteiger partial charge in [-0.3, -0.25) is 4.79 Å². The number of primary amides is 1. The molecule has 2 heterocycles. The number of amides is 1. The van der Waals surface area contributed by atoms with Crippen molar-refractivity contribution in [2.24, 2.45) is 5.73 Å². The van der Waals surface area contributed by atoms with Gasteiger partial charge < -0.3 is 15.8 Å². The molecule has 0 unspecified atom stereocenters. The van der Waals surface area contributed by atoms with Crippen LogP contribution in [0.15, 0.2) is 30.3 Å². The van der Waals surface area contributed by atoms with Gasteiger partial charge in [0.15, 0.2) is 0 Å². The largest absolute Gasteiger partial charge is 0.489 e. The number of nitrogens with zero attached hydrogens (tertiary/aromatic N) is 1. The summed E-state index contributed by atoms with van der Waals surface area (Å²) in [6, 6.07) is 7.14. The molecule has 1 amide bonds. The summed E-state index contributed by atoms with van der Waals surface area (Å²) in [6.07, 6.45) is -3.06. The molecule has 0 atom stereocenters. The van der Waals surface area contributed by atoms with E-state index in [2.05, 4.69) is 10.3 Å². The van der Waals surface area contributed by atoms with E-state index in [1.54, 1.807) is 12.1 Å². The van der Waals surface area contributed by atoms with E-state index in [4.69, 9.17) is 10.5 Å². The monoisotopic (exact) mass is 351 g/mol. The van der Waals surface area contributed by atoms with Gasteiger partial charge in [-0.15, -0.1) is 0 Å². The second kappa shape index (κ2) is 6.62. The normalized spacial score (nSPS) is 13.7. The quantitative estimate of drug-likeness (QED) is 0.887. The average molecular weight is 351 g/mol. The molecule has 1 aromatic carbocycles. The lowest BCUT2D eigenvalue weighted by atomic mass is 10.0. The van der Waals surface area contributed by atoms with Crippen LogP contribution in [-0.2, 0) is 19.2 Å². The molecule has 3 N–H and O–H groups in total. The lowest BCUT2D eigenvalue weighted by Crippen LogP contribution is -2.19. The topological polar surface area (TPSA) is 77.2 Å². The van der Waals surface area contributed by atoms with E-state index in [0.29, 0.717) is 29.8 Å². The van der Waals surface area contributed by atoms with Crippen LogP contribution in [0.1, 0.15) is 33.6 Å². The Labute approximate surface area is 142 Å². The van der Waals surface area contributed by atoms with Crippen LogP contribution >= 0.6 is 0 Å². The van der Waals surface area contributed by atoms with Gasteiger partial charge in [-0.25, -0.2) is 4.98 Å². The van der Waals surface area contributed by atoms with Crippen molar-refractivity contribution in [1.82, 2.24) is 4.98 Å². The fourth-order valence-electron chi connectivity index (χ4n) is 2.67. The number of nitrogens with one attached hydrogen (secondary N) is 1. The molecule has 1 aromatic heterocycles. The van der Waals surface area contributed by atoms with Crippen LogP contribution < -0.4 is 15.8 Å². The van der Waals surface area contributed by atoms with Crippen LogP contribution in [0.4, 0.5) is 19.0 Å². The maximum absolute atomic E-state index is 13.0. The minimum absolute atomic E-state index is 0.0223. The van der Waals surface area contributed by atoms with Crippen molar-refractivity contribution in [2.75, 3.05) is 11.9 Å². The van der Waals surface area contributed by atoms with Crippen LogP contribution in [0.2, 0.25) is 0 Å². The molecule has 1 aliphatic heterocycles. The number of halogens is 3. The fourth-order valence-corrected chi connectivity index (χ4v) is 2.67. The van der Waals surface area contributed by atoms with Crippen LogP contribution in [0.25, 0.3) is 0 Å². The van der Waals surface area contributed by atoms with E-state index in [9.17, 15) is 18.0 Å². The van der Waals surface area contributed by atoms with Crippen molar-refractivity contribution in [2.45, 2.75) is 25.6 Å². The summed E-state index contributed by atoms with van der Waals surface area (Å²) < 4.78 is 44.7. The molecule has 1 aliphatic rings. The van der Waals surface area contributed by atoms with Crippen LogP contribution in [0, 0.1) is 0 Å². The predicted octanol–water partition coefficient (Wildman–Crippen LogP) is 3.14. The number of pyridine rings is 1. The van der Waals surface area contributed by atoms with Crippen molar-refractivity contribution >= 4 is 11.7 Å². The minimum atomic E-state index is -4.52. The zero-order chi connectivity index (χ0) is 18.0. The highest BCUT2D eigenvalue weighted by Crippen LogP contribution is 2.33. The van der Waals surface area contributed by atoms with Crippen molar-refractivity contribution in [1.29, 1.82) is 0 Å². The van der Waals surface area contributed by atoms with Gasteiger partial charge in [-0.1, -0.05) is 0 Å². The summed E-state index contributed by atoms with van der Waals surface area (Å²) in [5.74, 6) is 0.146. The van der Waals surface area contributed by atoms with Gasteiger partial charge >= 0.3 is 6.18 Å². The first-order chi connectivity index (χ1) is 11.8. The third kappa shape index (κ3) is 3.84. The maximum atomic E-state index is 13.0. The molecule has 8 heteroatoms. The maximum Gasteiger partial charge on any atom is 0.433 e. The van der Waals surface area contributed by atoms with Crippen LogP contribution in [0.5, 0.6) is 5.75 Å². The molecule has 0 saturated carbocycles. The number of fused-ring (bicyclic) bond motifs is 1. The van der Waals surface area contributed by atoms with Gasteiger partial charge in [0.1, 0.15) is 23.9 Å². The van der Waals surface area contributed by atoms with E-state index < -0.39 is 17.8 Å². The van der Waals surface area contributed by atoms with Crippen LogP contribution in [0.3, 0.4) is 0 Å². The first-order valence-electron chi connectivity index (χ1n) is 7.71. The van der Waals surface area contributed by atoms with Gasteiger partial charge in [-0.05, 0) is 48.7 Å². The minimum Gasteiger partial charge on any atom is -0.489 e. The van der Waals surface area contributed by atoms with Gasteiger partial charge in [0.2, 0.25) is 5.91 Å². The summed E-state index contributed by atoms with van der Waals surface area (Å²) >= 11 is 0. The number of hydrogen-bond acceptors (Lipinski definition) is 4. The summed E-state index contributed by atoms with van der Waals surface area (Å²) in [6.45, 7) is 0.571. The summed E-state index contributed by atoms with van der Waals surface area (Å²) in [5.41, 5.74) is 5.74. The average Bonchev–Trinajstić information content (AvgIpc) is 2.59. The molecule has 0 radical (unpaired) electrons. The zero-order valence-electron chi connectivity index (χ0n) is 13.2. The van der Waals surface area contributed by atoms with E-state index in [-0.39, 0.29) is 12.4 Å². The van der Waals surface area contributed by atoms with Gasteiger partial charge in [0, 0.05) is 17.7 Å². The standard InChI is InChI=1S/C17H16F3N3O2/c18-17(19,20)14-8-11(13-2-1-7-22-16(13)23-14)9-25-12-5-3-10(4-6-12)15(21)24/h3-6,8H,1-2,7,9H2,(H2,21,24)(H,22,23). The first-order valence-corrected chi connectivity index (χ1v) is 7.71. The van der Waals surface area contributed by atoms with Crippen molar-refractivity contribution in [3.8, 4) is 5.75 Å². The van der Waals surface area contributed by atoms with Crippen molar-refractivity contribution < 1.29 is 22.7 Å². The second-order valence-corrected chi connectivity index (χ2v) is 5.70. The Bertz CT molecular complexity index is 789. The number of carbonyl (C=O) groups is 1. The number of aromatic nitrogens is 1. The third-order valence-electron chi connectivity index (χ3n) is 3.94. The Morgan fingerprint density at radius 3 is 2.64 bits per heavy atom. The Balaban J connectivity index is 1.84. The summed E-state index contributed by atoms with van der Waals surface area (Å²) in [5, 5.41) is 2.92. The third-order valence-corrected chi connectivity index (χ3v) is 3.94. The second-order valence-electron chi connectivity index (χ2n) is 5.70. The number of rotatable bonds is 4. The molecule has 132 valence electrons. The van der Waals surface area contributed by atoms with Crippen molar-refractivity contribution in [3.05, 3.63) is 52.7 Å². The molecule has 0 saturated heterocycles. The highest BCUT2D eigenvalue weighted by Gasteiger charge is 2.34. The zero-order valence-corrected chi connectivity index (χ0v) is 13.2. The molecule has 2 aromatic rings. The molecule has 3 rings (SSSR count). The Morgan fingerprint density at radius 2 is 2.00 bits per heavy atom. The van der Waals surface area contributed by atoms with E-state index >= 15 is 0 Å². The summed E-state index contributed by atoms with van der Waals surface area (Å²) in [4.78, 5) is 14.7. The predicted molar refractivity (Wildman–Crippen MR) is 85.3 cm³/mol. The molecule has 5 nitrogen and oxygen atoms in total. The Morgan fingerprint density at radius 1 is 1.28 bits per heavy atom. The number of nitrogens with two attached hydrogens (primary N) is 1. The van der Waals surface area contributed by atoms with E-state index in [1.165, 1.54) is 12.1 Å². The highest BCUT2D eigenvalue weighted by molar-refractivity contribution is 5.92. The van der Waals surface area contributed by atoms with Gasteiger partial charge in [-0.2, -0.15) is 13.2 Å². The lowest BCUT2D eigenvalue weighted by Gasteiger charge is -2.22.